The molecule has 3 aromatic carbocycles. The van der Waals surface area contributed by atoms with Crippen LogP contribution in [0.3, 0.4) is 0 Å². The third kappa shape index (κ3) is 8.07. The van der Waals surface area contributed by atoms with Crippen molar-refractivity contribution in [2.45, 2.75) is 76.6 Å². The highest BCUT2D eigenvalue weighted by Crippen LogP contribution is 2.48. The van der Waals surface area contributed by atoms with Crippen LogP contribution in [-0.4, -0.2) is 21.1 Å². The highest BCUT2D eigenvalue weighted by atomic mass is 32.2. The maximum atomic E-state index is 14.7. The number of nitrogens with one attached hydrogen (secondary N) is 1. The molecule has 2 atom stereocenters. The first-order chi connectivity index (χ1) is 20.0. The molecule has 1 aliphatic rings. The monoisotopic (exact) mass is 620 g/mol. The third-order valence-electron chi connectivity index (χ3n) is 7.01. The van der Waals surface area contributed by atoms with Gasteiger partial charge in [-0.05, 0) is 124 Å². The quantitative estimate of drug-likeness (QED) is 0.192. The SMILES string of the molecule is Cc1cc(F)ccc1Oc1cc(C2CC2)c(C(F)(F)F)cc1C(=O)Nc1ccc(F)c(C(C)CC=NS(=O)C(C)(C)C)c1. The number of carbonyl (C=O) groups excluding carboxylic acids is 1. The van der Waals surface area contributed by atoms with Crippen LogP contribution in [0.25, 0.3) is 0 Å². The summed E-state index contributed by atoms with van der Waals surface area (Å²) in [6, 6.07) is 9.58. The summed E-state index contributed by atoms with van der Waals surface area (Å²) in [5.74, 6) is -2.59. The number of amides is 1. The summed E-state index contributed by atoms with van der Waals surface area (Å²) in [6.45, 7) is 8.66. The number of carbonyl (C=O) groups is 1. The topological polar surface area (TPSA) is 67.8 Å². The minimum atomic E-state index is -4.71. The van der Waals surface area contributed by atoms with Gasteiger partial charge in [0.25, 0.3) is 5.91 Å². The van der Waals surface area contributed by atoms with Crippen molar-refractivity contribution >= 4 is 28.8 Å². The summed E-state index contributed by atoms with van der Waals surface area (Å²) in [7, 11) is -1.47. The number of alkyl halides is 3. The molecule has 11 heteroatoms. The van der Waals surface area contributed by atoms with Gasteiger partial charge in [0.1, 0.15) is 34.1 Å². The normalized spacial score (nSPS) is 15.4. The molecular weight excluding hydrogens is 587 g/mol. The van der Waals surface area contributed by atoms with Gasteiger partial charge in [-0.15, -0.1) is 0 Å². The lowest BCUT2D eigenvalue weighted by Crippen LogP contribution is -2.19. The molecule has 5 nitrogen and oxygen atoms in total. The van der Waals surface area contributed by atoms with Gasteiger partial charge in [0.15, 0.2) is 0 Å². The van der Waals surface area contributed by atoms with Crippen molar-refractivity contribution in [2.24, 2.45) is 4.40 Å². The second kappa shape index (κ2) is 12.6. The van der Waals surface area contributed by atoms with Crippen LogP contribution in [0.4, 0.5) is 27.6 Å². The number of benzene rings is 3. The smallest absolute Gasteiger partial charge is 0.416 e. The fraction of sp³-hybridized carbons (Fsp3) is 0.375. The molecule has 0 saturated heterocycles. The number of hydrogen-bond acceptors (Lipinski definition) is 3. The van der Waals surface area contributed by atoms with E-state index in [1.807, 2.05) is 0 Å². The van der Waals surface area contributed by atoms with Crippen molar-refractivity contribution in [1.29, 1.82) is 0 Å². The predicted octanol–water partition coefficient (Wildman–Crippen LogP) is 9.24. The van der Waals surface area contributed by atoms with E-state index in [4.69, 9.17) is 4.74 Å². The van der Waals surface area contributed by atoms with Crippen LogP contribution < -0.4 is 10.1 Å². The Kier molecular flexibility index (Phi) is 9.44. The van der Waals surface area contributed by atoms with E-state index < -0.39 is 50.9 Å². The van der Waals surface area contributed by atoms with Crippen molar-refractivity contribution < 1.29 is 35.7 Å². The molecule has 43 heavy (non-hydrogen) atoms. The van der Waals surface area contributed by atoms with E-state index in [-0.39, 0.29) is 46.2 Å². The lowest BCUT2D eigenvalue weighted by Gasteiger charge is -2.19. The molecule has 1 saturated carbocycles. The molecule has 1 N–H and O–H groups in total. The minimum absolute atomic E-state index is 0.0331. The van der Waals surface area contributed by atoms with Gasteiger partial charge in [0.2, 0.25) is 0 Å². The molecule has 0 aliphatic heterocycles. The van der Waals surface area contributed by atoms with E-state index in [2.05, 4.69) is 9.71 Å². The van der Waals surface area contributed by atoms with Gasteiger partial charge in [-0.3, -0.25) is 4.79 Å². The van der Waals surface area contributed by atoms with E-state index in [1.54, 1.807) is 34.6 Å². The van der Waals surface area contributed by atoms with E-state index >= 15 is 0 Å². The van der Waals surface area contributed by atoms with E-state index in [0.29, 0.717) is 18.4 Å². The average Bonchev–Trinajstić information content (AvgIpc) is 3.75. The van der Waals surface area contributed by atoms with Crippen molar-refractivity contribution in [2.75, 3.05) is 5.32 Å². The first-order valence-electron chi connectivity index (χ1n) is 13.8. The third-order valence-corrected chi connectivity index (χ3v) is 8.40. The van der Waals surface area contributed by atoms with Crippen LogP contribution >= 0.6 is 0 Å². The molecule has 230 valence electrons. The second-order valence-corrected chi connectivity index (χ2v) is 13.6. The molecule has 2 unspecified atom stereocenters. The Morgan fingerprint density at radius 1 is 1.07 bits per heavy atom. The fourth-order valence-electron chi connectivity index (χ4n) is 4.43. The number of aryl methyl sites for hydroxylation is 1. The number of anilines is 1. The van der Waals surface area contributed by atoms with Gasteiger partial charge in [-0.2, -0.15) is 17.6 Å². The molecule has 0 spiro atoms. The number of ether oxygens (including phenoxy) is 1. The van der Waals surface area contributed by atoms with Crippen molar-refractivity contribution in [3.8, 4) is 11.5 Å². The van der Waals surface area contributed by atoms with Crippen LogP contribution in [0.1, 0.15) is 91.4 Å². The molecule has 0 radical (unpaired) electrons. The molecule has 0 heterocycles. The van der Waals surface area contributed by atoms with Crippen molar-refractivity contribution in [3.05, 3.63) is 88.0 Å². The van der Waals surface area contributed by atoms with Gasteiger partial charge in [-0.25, -0.2) is 13.0 Å². The average molecular weight is 621 g/mol. The molecule has 1 aliphatic carbocycles. The van der Waals surface area contributed by atoms with E-state index in [1.165, 1.54) is 36.5 Å². The van der Waals surface area contributed by atoms with Crippen LogP contribution in [-0.2, 0) is 17.2 Å². The molecular formula is C32H33F5N2O3S. The highest BCUT2D eigenvalue weighted by Gasteiger charge is 2.40. The molecule has 0 aromatic heterocycles. The number of nitrogens with zero attached hydrogens (tertiary/aromatic N) is 1. The zero-order chi connectivity index (χ0) is 31.7. The highest BCUT2D eigenvalue weighted by molar-refractivity contribution is 7.85. The molecule has 1 amide bonds. The Labute approximate surface area is 250 Å². The second-order valence-electron chi connectivity index (χ2n) is 11.7. The largest absolute Gasteiger partial charge is 0.456 e. The Balaban J connectivity index is 1.66. The van der Waals surface area contributed by atoms with Gasteiger partial charge in [0, 0.05) is 11.9 Å². The zero-order valence-electron chi connectivity index (χ0n) is 24.4. The fourth-order valence-corrected chi connectivity index (χ4v) is 4.97. The summed E-state index contributed by atoms with van der Waals surface area (Å²) in [5, 5.41) is 2.57. The number of halogens is 5. The predicted molar refractivity (Wildman–Crippen MR) is 158 cm³/mol. The van der Waals surface area contributed by atoms with Gasteiger partial charge in [0.05, 0.1) is 15.9 Å². The van der Waals surface area contributed by atoms with Gasteiger partial charge >= 0.3 is 6.18 Å². The molecule has 3 aromatic rings. The molecule has 4 rings (SSSR count). The van der Waals surface area contributed by atoms with Crippen molar-refractivity contribution in [1.82, 2.24) is 0 Å². The summed E-state index contributed by atoms with van der Waals surface area (Å²) in [4.78, 5) is 13.5. The minimum Gasteiger partial charge on any atom is -0.456 e. The first-order valence-corrected chi connectivity index (χ1v) is 14.9. The maximum Gasteiger partial charge on any atom is 0.416 e. The van der Waals surface area contributed by atoms with Crippen LogP contribution in [0.2, 0.25) is 0 Å². The van der Waals surface area contributed by atoms with Crippen LogP contribution in [0, 0.1) is 18.6 Å². The van der Waals surface area contributed by atoms with Crippen LogP contribution in [0.5, 0.6) is 11.5 Å². The standard InChI is InChI=1S/C32H33F5N2O3S/c1-18(12-13-38-43(41)31(3,4)5)23-15-22(9-10-27(23)34)39-30(40)25-16-26(32(35,36)37)24(20-6-7-20)17-29(25)42-28-11-8-21(33)14-19(28)2/h8-11,13-18,20H,6-7,12H2,1-5H3,(H,39,40). The summed E-state index contributed by atoms with van der Waals surface area (Å²) >= 11 is 0. The van der Waals surface area contributed by atoms with E-state index in [9.17, 15) is 31.0 Å². The summed E-state index contributed by atoms with van der Waals surface area (Å²) in [6.07, 6.45) is -1.82. The number of rotatable bonds is 9. The Morgan fingerprint density at radius 2 is 1.77 bits per heavy atom. The first kappa shape index (κ1) is 32.3. The van der Waals surface area contributed by atoms with E-state index in [0.717, 1.165) is 18.2 Å². The van der Waals surface area contributed by atoms with Gasteiger partial charge in [-0.1, -0.05) is 6.92 Å². The lowest BCUT2D eigenvalue weighted by molar-refractivity contribution is -0.138. The summed E-state index contributed by atoms with van der Waals surface area (Å²) in [5.41, 5.74) is -0.478. The Morgan fingerprint density at radius 3 is 2.37 bits per heavy atom. The Hall–Kier alpha value is -3.60. The van der Waals surface area contributed by atoms with Crippen LogP contribution in [0.15, 0.2) is 52.9 Å². The zero-order valence-corrected chi connectivity index (χ0v) is 25.3. The number of hydrogen-bond donors (Lipinski definition) is 1. The summed E-state index contributed by atoms with van der Waals surface area (Å²) < 4.78 is 92.3. The molecule has 1 fully saturated rings. The maximum absolute atomic E-state index is 14.7. The lowest BCUT2D eigenvalue weighted by atomic mass is 9.96. The van der Waals surface area contributed by atoms with Crippen molar-refractivity contribution in [3.63, 3.8) is 0 Å². The molecule has 0 bridgehead atoms. The Bertz CT molecular complexity index is 1580. The van der Waals surface area contributed by atoms with Gasteiger partial charge < -0.3 is 10.1 Å².